The zero-order chi connectivity index (χ0) is 17.3. The van der Waals surface area contributed by atoms with Crippen LogP contribution in [-0.2, 0) is 0 Å². The molecule has 3 rings (SSSR count). The number of rotatable bonds is 3. The Bertz CT molecular complexity index is 823. The molecular formula is C16H21N5O3. The van der Waals surface area contributed by atoms with Gasteiger partial charge in [-0.05, 0) is 47.0 Å². The van der Waals surface area contributed by atoms with Crippen LogP contribution in [0.2, 0.25) is 0 Å². The number of benzene rings is 1. The molecule has 8 heteroatoms. The number of aryl methyl sites for hydroxylation is 1. The van der Waals surface area contributed by atoms with Crippen molar-refractivity contribution in [2.24, 2.45) is 10.9 Å². The lowest BCUT2D eigenvalue weighted by Crippen LogP contribution is -2.28. The number of hydrogen-bond donors (Lipinski definition) is 1. The smallest absolute Gasteiger partial charge is 0.409 e. The van der Waals surface area contributed by atoms with Crippen LogP contribution in [0.15, 0.2) is 29.3 Å². The van der Waals surface area contributed by atoms with E-state index in [1.807, 2.05) is 19.1 Å². The molecule has 0 saturated heterocycles. The highest BCUT2D eigenvalue weighted by atomic mass is 16.6. The Kier molecular flexibility index (Phi) is 4.37. The molecule has 2 unspecified atom stereocenters. The standard InChI is InChI=1S/C16H21N5O3/c1-11-7-3-5-9-13(11)17-15-16(21(23)24)18-19(20(15)22)14-10-6-4-8-12(14)2/h4,6,8,10-11,13,22H,3,5,7,9H2,1-2H3. The van der Waals surface area contributed by atoms with Crippen molar-refractivity contribution in [3.8, 4) is 5.69 Å². The summed E-state index contributed by atoms with van der Waals surface area (Å²) in [7, 11) is 0. The van der Waals surface area contributed by atoms with Crippen LogP contribution in [0, 0.1) is 23.0 Å². The van der Waals surface area contributed by atoms with Gasteiger partial charge < -0.3 is 15.3 Å². The van der Waals surface area contributed by atoms with Gasteiger partial charge in [0.15, 0.2) is 0 Å². The molecule has 24 heavy (non-hydrogen) atoms. The van der Waals surface area contributed by atoms with Crippen molar-refractivity contribution in [3.63, 3.8) is 0 Å². The van der Waals surface area contributed by atoms with Gasteiger partial charge in [0, 0.05) is 0 Å². The minimum atomic E-state index is -0.603. The molecule has 128 valence electrons. The first-order chi connectivity index (χ1) is 11.5. The SMILES string of the molecule is Cc1ccccc1-n1nc([N+](=O)[O-])c(=NC2CCCCC2C)n1O. The van der Waals surface area contributed by atoms with E-state index in [9.17, 15) is 15.3 Å². The fraction of sp³-hybridized carbons (Fsp3) is 0.500. The van der Waals surface area contributed by atoms with Crippen LogP contribution in [0.1, 0.15) is 38.2 Å². The molecule has 0 amide bonds. The molecule has 1 heterocycles. The molecular weight excluding hydrogens is 310 g/mol. The van der Waals surface area contributed by atoms with Gasteiger partial charge in [-0.25, -0.2) is 0 Å². The Balaban J connectivity index is 2.15. The molecule has 1 N–H and O–H groups in total. The summed E-state index contributed by atoms with van der Waals surface area (Å²) in [6, 6.07) is 7.20. The van der Waals surface area contributed by atoms with E-state index in [1.54, 1.807) is 12.1 Å². The minimum Gasteiger partial charge on any atom is -0.409 e. The van der Waals surface area contributed by atoms with Crippen molar-refractivity contribution in [1.29, 1.82) is 0 Å². The molecule has 1 aromatic carbocycles. The van der Waals surface area contributed by atoms with Gasteiger partial charge in [0.2, 0.25) is 0 Å². The summed E-state index contributed by atoms with van der Waals surface area (Å²) in [4.78, 5) is 17.1. The molecule has 0 spiro atoms. The molecule has 1 aliphatic carbocycles. The van der Waals surface area contributed by atoms with Gasteiger partial charge in [-0.15, -0.1) is 0 Å². The van der Waals surface area contributed by atoms with E-state index in [4.69, 9.17) is 0 Å². The highest BCUT2D eigenvalue weighted by Crippen LogP contribution is 2.26. The van der Waals surface area contributed by atoms with Crippen LogP contribution in [-0.4, -0.2) is 30.9 Å². The summed E-state index contributed by atoms with van der Waals surface area (Å²) in [5.41, 5.74) is 1.32. The van der Waals surface area contributed by atoms with Crippen LogP contribution in [0.4, 0.5) is 5.82 Å². The first kappa shape index (κ1) is 16.2. The molecule has 0 bridgehead atoms. The fourth-order valence-corrected chi connectivity index (χ4v) is 3.17. The third-order valence-electron chi connectivity index (χ3n) is 4.62. The van der Waals surface area contributed by atoms with E-state index in [2.05, 4.69) is 17.0 Å². The van der Waals surface area contributed by atoms with Gasteiger partial charge in [-0.1, -0.05) is 42.8 Å². The predicted molar refractivity (Wildman–Crippen MR) is 87.1 cm³/mol. The first-order valence-corrected chi connectivity index (χ1v) is 8.15. The van der Waals surface area contributed by atoms with Crippen LogP contribution >= 0.6 is 0 Å². The molecule has 1 fully saturated rings. The molecule has 2 aromatic rings. The Labute approximate surface area is 139 Å². The zero-order valence-electron chi connectivity index (χ0n) is 13.8. The third kappa shape index (κ3) is 2.91. The highest BCUT2D eigenvalue weighted by Gasteiger charge is 2.27. The van der Waals surface area contributed by atoms with Crippen molar-refractivity contribution < 1.29 is 10.1 Å². The summed E-state index contributed by atoms with van der Waals surface area (Å²) >= 11 is 0. The zero-order valence-corrected chi connectivity index (χ0v) is 13.8. The van der Waals surface area contributed by atoms with Gasteiger partial charge in [-0.3, -0.25) is 4.99 Å². The summed E-state index contributed by atoms with van der Waals surface area (Å²) < 4.78 is 0. The fourth-order valence-electron chi connectivity index (χ4n) is 3.17. The lowest BCUT2D eigenvalue weighted by molar-refractivity contribution is -0.391. The lowest BCUT2D eigenvalue weighted by Gasteiger charge is -2.24. The summed E-state index contributed by atoms with van der Waals surface area (Å²) in [5, 5.41) is 25.8. The van der Waals surface area contributed by atoms with Crippen LogP contribution in [0.3, 0.4) is 0 Å². The van der Waals surface area contributed by atoms with Crippen molar-refractivity contribution in [1.82, 2.24) is 14.7 Å². The molecule has 2 atom stereocenters. The Morgan fingerprint density at radius 2 is 2.04 bits per heavy atom. The molecule has 1 aromatic heterocycles. The maximum absolute atomic E-state index is 11.4. The maximum atomic E-state index is 11.4. The molecule has 8 nitrogen and oxygen atoms in total. The quantitative estimate of drug-likeness (QED) is 0.531. The monoisotopic (exact) mass is 331 g/mol. The minimum absolute atomic E-state index is 0.0367. The van der Waals surface area contributed by atoms with Gasteiger partial charge in [-0.2, -0.15) is 0 Å². The third-order valence-corrected chi connectivity index (χ3v) is 4.62. The molecule has 1 saturated carbocycles. The first-order valence-electron chi connectivity index (χ1n) is 8.15. The Morgan fingerprint density at radius 3 is 2.71 bits per heavy atom. The van der Waals surface area contributed by atoms with Crippen molar-refractivity contribution >= 4 is 5.82 Å². The van der Waals surface area contributed by atoms with Gasteiger partial charge in [0.1, 0.15) is 5.69 Å². The number of nitrogens with zero attached hydrogens (tertiary/aromatic N) is 5. The molecule has 1 aliphatic rings. The number of para-hydroxylation sites is 1. The number of nitro groups is 1. The second-order valence-corrected chi connectivity index (χ2v) is 6.33. The average Bonchev–Trinajstić information content (AvgIpc) is 2.87. The number of hydrogen-bond acceptors (Lipinski definition) is 5. The second-order valence-electron chi connectivity index (χ2n) is 6.33. The summed E-state index contributed by atoms with van der Waals surface area (Å²) in [5.74, 6) is -0.0984. The molecule has 0 radical (unpaired) electrons. The van der Waals surface area contributed by atoms with E-state index in [0.29, 0.717) is 16.5 Å². The van der Waals surface area contributed by atoms with E-state index in [0.717, 1.165) is 36.0 Å². The van der Waals surface area contributed by atoms with Crippen molar-refractivity contribution in [2.45, 2.75) is 45.6 Å². The summed E-state index contributed by atoms with van der Waals surface area (Å²) in [6.45, 7) is 3.94. The van der Waals surface area contributed by atoms with Crippen LogP contribution in [0.5, 0.6) is 0 Å². The van der Waals surface area contributed by atoms with E-state index in [-0.39, 0.29) is 11.5 Å². The average molecular weight is 331 g/mol. The largest absolute Gasteiger partial charge is 0.438 e. The second kappa shape index (κ2) is 6.46. The molecule has 0 aliphatic heterocycles. The van der Waals surface area contributed by atoms with Crippen molar-refractivity contribution in [2.75, 3.05) is 0 Å². The summed E-state index contributed by atoms with van der Waals surface area (Å²) in [6.07, 6.45) is 4.10. The normalized spacial score (nSPS) is 21.8. The Morgan fingerprint density at radius 1 is 1.33 bits per heavy atom. The van der Waals surface area contributed by atoms with E-state index >= 15 is 0 Å². The highest BCUT2D eigenvalue weighted by molar-refractivity contribution is 5.38. The Hall–Kier alpha value is -2.64. The van der Waals surface area contributed by atoms with Crippen LogP contribution < -0.4 is 5.49 Å². The van der Waals surface area contributed by atoms with Gasteiger partial charge >= 0.3 is 5.82 Å². The number of aromatic nitrogens is 3. The van der Waals surface area contributed by atoms with Crippen molar-refractivity contribution in [3.05, 3.63) is 45.4 Å². The van der Waals surface area contributed by atoms with E-state index in [1.165, 1.54) is 0 Å². The van der Waals surface area contributed by atoms with Gasteiger partial charge in [0.05, 0.1) is 11.1 Å². The lowest BCUT2D eigenvalue weighted by atomic mass is 9.86. The van der Waals surface area contributed by atoms with E-state index < -0.39 is 10.7 Å². The topological polar surface area (TPSA) is 98.5 Å². The van der Waals surface area contributed by atoms with Gasteiger partial charge in [0.25, 0.3) is 5.49 Å². The maximum Gasteiger partial charge on any atom is 0.438 e. The van der Waals surface area contributed by atoms with Crippen LogP contribution in [0.25, 0.3) is 5.69 Å². The predicted octanol–water partition coefficient (Wildman–Crippen LogP) is 2.61.